The Kier molecular flexibility index (Phi) is 5.22. The number of rotatable bonds is 3. The minimum absolute atomic E-state index is 0. The maximum atomic E-state index is 12.2. The van der Waals surface area contributed by atoms with Crippen molar-refractivity contribution in [3.8, 4) is 0 Å². The molecule has 0 aromatic heterocycles. The Bertz CT molecular complexity index is 267. The molecule has 3 atom stereocenters. The summed E-state index contributed by atoms with van der Waals surface area (Å²) >= 11 is 0. The predicted molar refractivity (Wildman–Crippen MR) is 69.1 cm³/mol. The van der Waals surface area contributed by atoms with E-state index in [0.717, 1.165) is 32.3 Å². The Morgan fingerprint density at radius 2 is 2.29 bits per heavy atom. The molecule has 0 radical (unpaired) electrons. The molecule has 1 heterocycles. The predicted octanol–water partition coefficient (Wildman–Crippen LogP) is 1.08. The first-order valence-electron chi connectivity index (χ1n) is 6.24. The van der Waals surface area contributed by atoms with Crippen molar-refractivity contribution >= 4 is 18.3 Å². The molecule has 2 fully saturated rings. The molecule has 100 valence electrons. The van der Waals surface area contributed by atoms with Crippen LogP contribution in [0.25, 0.3) is 0 Å². The van der Waals surface area contributed by atoms with Gasteiger partial charge in [-0.3, -0.25) is 4.79 Å². The number of nitrogens with two attached hydrogens (primary N) is 1. The third kappa shape index (κ3) is 3.33. The highest BCUT2D eigenvalue weighted by molar-refractivity contribution is 5.85. The molecule has 1 saturated heterocycles. The minimum atomic E-state index is -0.154. The number of carbonyl (C=O) groups excluding carboxylic acids is 1. The summed E-state index contributed by atoms with van der Waals surface area (Å²) in [5, 5.41) is 3.14. The summed E-state index contributed by atoms with van der Waals surface area (Å²) in [6.45, 7) is 4.08. The van der Waals surface area contributed by atoms with Crippen LogP contribution in [0.5, 0.6) is 0 Å². The molecule has 0 bridgehead atoms. The van der Waals surface area contributed by atoms with Crippen molar-refractivity contribution in [1.82, 2.24) is 5.32 Å². The van der Waals surface area contributed by atoms with Crippen LogP contribution in [0, 0.1) is 11.8 Å². The lowest BCUT2D eigenvalue weighted by Gasteiger charge is -2.27. The molecule has 1 aliphatic heterocycles. The van der Waals surface area contributed by atoms with Crippen molar-refractivity contribution in [2.75, 3.05) is 19.8 Å². The Labute approximate surface area is 109 Å². The van der Waals surface area contributed by atoms with Gasteiger partial charge in [0.2, 0.25) is 5.91 Å². The molecule has 5 heteroatoms. The van der Waals surface area contributed by atoms with E-state index in [1.165, 1.54) is 0 Å². The van der Waals surface area contributed by atoms with Crippen molar-refractivity contribution in [1.29, 1.82) is 0 Å². The topological polar surface area (TPSA) is 64.4 Å². The molecule has 2 rings (SSSR count). The highest BCUT2D eigenvalue weighted by Crippen LogP contribution is 2.32. The standard InChI is InChI=1S/C12H22N2O2.ClH/c1-12(5-6-16-8-12)14-11(15)10-4-2-3-9(10)7-13;/h9-10H,2-8,13H2,1H3,(H,14,15);1H/t9-,10-,12?;/m1./s1. The lowest BCUT2D eigenvalue weighted by atomic mass is 9.93. The molecule has 17 heavy (non-hydrogen) atoms. The van der Waals surface area contributed by atoms with Crippen molar-refractivity contribution in [2.24, 2.45) is 17.6 Å². The van der Waals surface area contributed by atoms with Gasteiger partial charge in [0.25, 0.3) is 0 Å². The van der Waals surface area contributed by atoms with E-state index in [9.17, 15) is 4.79 Å². The van der Waals surface area contributed by atoms with Crippen LogP contribution >= 0.6 is 12.4 Å². The van der Waals surface area contributed by atoms with Crippen LogP contribution < -0.4 is 11.1 Å². The molecular formula is C12H23ClN2O2. The second-order valence-electron chi connectivity index (χ2n) is 5.39. The van der Waals surface area contributed by atoms with Crippen LogP contribution in [0.2, 0.25) is 0 Å². The first kappa shape index (κ1) is 14.7. The van der Waals surface area contributed by atoms with E-state index in [-0.39, 0.29) is 29.8 Å². The summed E-state index contributed by atoms with van der Waals surface area (Å²) in [7, 11) is 0. The maximum Gasteiger partial charge on any atom is 0.223 e. The average molecular weight is 263 g/mol. The van der Waals surface area contributed by atoms with E-state index in [1.807, 2.05) is 0 Å². The van der Waals surface area contributed by atoms with Gasteiger partial charge in [0.1, 0.15) is 0 Å². The highest BCUT2D eigenvalue weighted by Gasteiger charge is 2.37. The first-order valence-corrected chi connectivity index (χ1v) is 6.24. The molecule has 1 unspecified atom stereocenters. The molecule has 2 aliphatic rings. The fourth-order valence-electron chi connectivity index (χ4n) is 2.82. The van der Waals surface area contributed by atoms with E-state index < -0.39 is 0 Å². The van der Waals surface area contributed by atoms with Gasteiger partial charge in [0.15, 0.2) is 0 Å². The SMILES string of the molecule is CC1(NC(=O)[C@@H]2CCC[C@@H]2CN)CCOC1.Cl. The molecule has 1 aliphatic carbocycles. The zero-order valence-corrected chi connectivity index (χ0v) is 11.2. The Morgan fingerprint density at radius 1 is 1.53 bits per heavy atom. The number of hydrogen-bond acceptors (Lipinski definition) is 3. The second kappa shape index (κ2) is 6.03. The van der Waals surface area contributed by atoms with E-state index in [0.29, 0.717) is 19.1 Å². The monoisotopic (exact) mass is 262 g/mol. The lowest BCUT2D eigenvalue weighted by molar-refractivity contribution is -0.127. The summed E-state index contributed by atoms with van der Waals surface area (Å²) in [4.78, 5) is 12.2. The van der Waals surface area contributed by atoms with Gasteiger partial charge >= 0.3 is 0 Å². The van der Waals surface area contributed by atoms with Gasteiger partial charge in [0, 0.05) is 12.5 Å². The Balaban J connectivity index is 0.00000144. The summed E-state index contributed by atoms with van der Waals surface area (Å²) in [5.41, 5.74) is 5.54. The lowest BCUT2D eigenvalue weighted by Crippen LogP contribution is -2.49. The zero-order chi connectivity index (χ0) is 11.6. The molecule has 1 amide bonds. The number of ether oxygens (including phenoxy) is 1. The summed E-state index contributed by atoms with van der Waals surface area (Å²) in [6.07, 6.45) is 4.14. The van der Waals surface area contributed by atoms with E-state index in [4.69, 9.17) is 10.5 Å². The molecule has 1 saturated carbocycles. The molecule has 3 N–H and O–H groups in total. The van der Waals surface area contributed by atoms with Crippen molar-refractivity contribution < 1.29 is 9.53 Å². The van der Waals surface area contributed by atoms with Gasteiger partial charge in [-0.25, -0.2) is 0 Å². The summed E-state index contributed by atoms with van der Waals surface area (Å²) in [5.74, 6) is 0.689. The Hall–Kier alpha value is -0.320. The number of halogens is 1. The van der Waals surface area contributed by atoms with Crippen LogP contribution in [0.1, 0.15) is 32.6 Å². The smallest absolute Gasteiger partial charge is 0.223 e. The number of nitrogens with one attached hydrogen (secondary N) is 1. The minimum Gasteiger partial charge on any atom is -0.379 e. The first-order chi connectivity index (χ1) is 7.64. The normalized spacial score (nSPS) is 36.6. The van der Waals surface area contributed by atoms with Gasteiger partial charge in [-0.1, -0.05) is 6.42 Å². The number of carbonyl (C=O) groups is 1. The van der Waals surface area contributed by atoms with E-state index in [1.54, 1.807) is 0 Å². The maximum absolute atomic E-state index is 12.2. The van der Waals surface area contributed by atoms with Crippen LogP contribution in [0.3, 0.4) is 0 Å². The molecule has 0 aromatic rings. The fourth-order valence-corrected chi connectivity index (χ4v) is 2.82. The largest absolute Gasteiger partial charge is 0.379 e. The third-order valence-electron chi connectivity index (χ3n) is 3.94. The van der Waals surface area contributed by atoms with Gasteiger partial charge in [-0.05, 0) is 38.6 Å². The summed E-state index contributed by atoms with van der Waals surface area (Å²) < 4.78 is 5.34. The zero-order valence-electron chi connectivity index (χ0n) is 10.4. The molecule has 4 nitrogen and oxygen atoms in total. The van der Waals surface area contributed by atoms with Crippen molar-refractivity contribution in [3.63, 3.8) is 0 Å². The van der Waals surface area contributed by atoms with Gasteiger partial charge in [0.05, 0.1) is 12.1 Å². The number of amides is 1. The highest BCUT2D eigenvalue weighted by atomic mass is 35.5. The van der Waals surface area contributed by atoms with Gasteiger partial charge in [-0.15, -0.1) is 12.4 Å². The van der Waals surface area contributed by atoms with E-state index >= 15 is 0 Å². The number of hydrogen-bond donors (Lipinski definition) is 2. The average Bonchev–Trinajstić information content (AvgIpc) is 2.85. The van der Waals surface area contributed by atoms with Crippen LogP contribution in [0.15, 0.2) is 0 Å². The fraction of sp³-hybridized carbons (Fsp3) is 0.917. The third-order valence-corrected chi connectivity index (χ3v) is 3.94. The van der Waals surface area contributed by atoms with E-state index in [2.05, 4.69) is 12.2 Å². The molecular weight excluding hydrogens is 240 g/mol. The van der Waals surface area contributed by atoms with Crippen LogP contribution in [-0.2, 0) is 9.53 Å². The Morgan fingerprint density at radius 3 is 2.88 bits per heavy atom. The second-order valence-corrected chi connectivity index (χ2v) is 5.39. The van der Waals surface area contributed by atoms with Crippen LogP contribution in [0.4, 0.5) is 0 Å². The molecule has 0 aromatic carbocycles. The van der Waals surface area contributed by atoms with Crippen LogP contribution in [-0.4, -0.2) is 31.2 Å². The summed E-state index contributed by atoms with van der Waals surface area (Å²) in [6, 6.07) is 0. The molecule has 0 spiro atoms. The van der Waals surface area contributed by atoms with Gasteiger partial charge in [-0.2, -0.15) is 0 Å². The van der Waals surface area contributed by atoms with Crippen molar-refractivity contribution in [2.45, 2.75) is 38.1 Å². The quantitative estimate of drug-likeness (QED) is 0.800. The van der Waals surface area contributed by atoms with Gasteiger partial charge < -0.3 is 15.8 Å². The van der Waals surface area contributed by atoms with Crippen molar-refractivity contribution in [3.05, 3.63) is 0 Å².